The molecule has 3 nitrogen and oxygen atoms in total. The van der Waals surface area contributed by atoms with Gasteiger partial charge < -0.3 is 0 Å². The van der Waals surface area contributed by atoms with Gasteiger partial charge in [-0.2, -0.15) is 5.10 Å². The Hall–Kier alpha value is -1.39. The van der Waals surface area contributed by atoms with Gasteiger partial charge in [-0.15, -0.1) is 0 Å². The van der Waals surface area contributed by atoms with E-state index in [0.717, 1.165) is 6.07 Å². The van der Waals surface area contributed by atoms with Crippen LogP contribution in [0.5, 0.6) is 0 Å². The molecule has 0 saturated heterocycles. The Morgan fingerprint density at radius 1 is 1.39 bits per heavy atom. The zero-order valence-electron chi connectivity index (χ0n) is 9.45. The maximum absolute atomic E-state index is 13.3. The van der Waals surface area contributed by atoms with Crippen LogP contribution in [-0.2, 0) is 6.54 Å². The predicted molar refractivity (Wildman–Crippen MR) is 67.8 cm³/mol. The van der Waals surface area contributed by atoms with E-state index in [1.165, 1.54) is 23.0 Å². The largest absolute Gasteiger partial charge is 0.287 e. The number of benzene rings is 1. The second-order valence-corrected chi connectivity index (χ2v) is 4.43. The molecule has 0 atom stereocenters. The number of carbonyl (C=O) groups excluding carboxylic acids is 1. The van der Waals surface area contributed by atoms with Crippen LogP contribution in [0.4, 0.5) is 4.39 Å². The zero-order valence-corrected chi connectivity index (χ0v) is 11.0. The molecule has 0 aliphatic carbocycles. The number of nitrogens with zero attached hydrogens (tertiary/aromatic N) is 2. The molecule has 0 aliphatic heterocycles. The summed E-state index contributed by atoms with van der Waals surface area (Å²) in [4.78, 5) is 12.2. The van der Waals surface area contributed by atoms with Gasteiger partial charge >= 0.3 is 0 Å². The molecule has 0 N–H and O–H groups in total. The monoisotopic (exact) mass is 286 g/mol. The van der Waals surface area contributed by atoms with Crippen LogP contribution < -0.4 is 0 Å². The van der Waals surface area contributed by atoms with E-state index >= 15 is 0 Å². The third kappa shape index (κ3) is 2.26. The third-order valence-corrected chi connectivity index (χ3v) is 3.07. The van der Waals surface area contributed by atoms with Crippen molar-refractivity contribution in [2.24, 2.45) is 0 Å². The van der Waals surface area contributed by atoms with Crippen molar-refractivity contribution < 1.29 is 9.18 Å². The molecule has 0 saturated carbocycles. The van der Waals surface area contributed by atoms with Crippen molar-refractivity contribution in [3.8, 4) is 0 Å². The fourth-order valence-electron chi connectivity index (χ4n) is 1.60. The highest BCUT2D eigenvalue weighted by Crippen LogP contribution is 2.22. The first-order chi connectivity index (χ1) is 8.54. The Kier molecular flexibility index (Phi) is 3.68. The van der Waals surface area contributed by atoms with Crippen LogP contribution in [0.3, 0.4) is 0 Å². The minimum Gasteiger partial charge on any atom is -0.287 e. The summed E-state index contributed by atoms with van der Waals surface area (Å²) in [7, 11) is 0. The van der Waals surface area contributed by atoms with Gasteiger partial charge in [0.1, 0.15) is 11.5 Å². The van der Waals surface area contributed by atoms with Crippen molar-refractivity contribution in [2.45, 2.75) is 13.5 Å². The van der Waals surface area contributed by atoms with Gasteiger partial charge in [0.15, 0.2) is 0 Å². The molecule has 0 bridgehead atoms. The van der Waals surface area contributed by atoms with Gasteiger partial charge in [-0.1, -0.05) is 23.2 Å². The molecule has 0 spiro atoms. The molecule has 2 aromatic rings. The summed E-state index contributed by atoms with van der Waals surface area (Å²) >= 11 is 11.5. The summed E-state index contributed by atoms with van der Waals surface area (Å²) in [6.45, 7) is 2.34. The molecule has 2 rings (SSSR count). The van der Waals surface area contributed by atoms with E-state index in [-0.39, 0.29) is 27.1 Å². The molecule has 1 heterocycles. The fraction of sp³-hybridized carbons (Fsp3) is 0.167. The summed E-state index contributed by atoms with van der Waals surface area (Å²) < 4.78 is 14.8. The average Bonchev–Trinajstić information content (AvgIpc) is 2.73. The van der Waals surface area contributed by atoms with Gasteiger partial charge in [0.05, 0.1) is 16.2 Å². The standard InChI is InChI=1S/C12H9Cl2FN2O/c1-2-17-11(9(14)6-16-17)12(18)7-3-4-8(13)10(15)5-7/h3-6H,2H2,1H3. The molecular formula is C12H9Cl2FN2O. The maximum Gasteiger partial charge on any atom is 0.212 e. The van der Waals surface area contributed by atoms with Crippen LogP contribution in [0.15, 0.2) is 24.4 Å². The van der Waals surface area contributed by atoms with E-state index in [9.17, 15) is 9.18 Å². The molecule has 0 unspecified atom stereocenters. The van der Waals surface area contributed by atoms with Crippen LogP contribution in [0.2, 0.25) is 10.0 Å². The lowest BCUT2D eigenvalue weighted by Gasteiger charge is -2.05. The summed E-state index contributed by atoms with van der Waals surface area (Å²) in [5.41, 5.74) is 0.440. The van der Waals surface area contributed by atoms with E-state index < -0.39 is 5.82 Å². The molecule has 0 fully saturated rings. The molecule has 0 aliphatic rings. The molecule has 1 aromatic heterocycles. The molecule has 94 valence electrons. The highest BCUT2D eigenvalue weighted by molar-refractivity contribution is 6.34. The number of ketones is 1. The van der Waals surface area contributed by atoms with Crippen LogP contribution in [0.25, 0.3) is 0 Å². The first kappa shape index (κ1) is 13.1. The van der Waals surface area contributed by atoms with Gasteiger partial charge in [0.2, 0.25) is 5.78 Å². The number of halogens is 3. The van der Waals surface area contributed by atoms with Gasteiger partial charge in [-0.3, -0.25) is 9.48 Å². The lowest BCUT2D eigenvalue weighted by molar-refractivity contribution is 0.102. The minimum absolute atomic E-state index is 0.0263. The molecule has 0 radical (unpaired) electrons. The Morgan fingerprint density at radius 2 is 2.11 bits per heavy atom. The smallest absolute Gasteiger partial charge is 0.212 e. The SMILES string of the molecule is CCn1ncc(Cl)c1C(=O)c1ccc(Cl)c(F)c1. The lowest BCUT2D eigenvalue weighted by atomic mass is 10.1. The number of aromatic nitrogens is 2. The van der Waals surface area contributed by atoms with E-state index in [0.29, 0.717) is 6.54 Å². The molecule has 1 aromatic carbocycles. The number of aryl methyl sites for hydroxylation is 1. The van der Waals surface area contributed by atoms with E-state index in [1.807, 2.05) is 6.92 Å². The summed E-state index contributed by atoms with van der Waals surface area (Å²) in [5.74, 6) is -1.02. The van der Waals surface area contributed by atoms with Crippen molar-refractivity contribution in [1.29, 1.82) is 0 Å². The van der Waals surface area contributed by atoms with Crippen molar-refractivity contribution in [3.05, 3.63) is 51.5 Å². The second-order valence-electron chi connectivity index (χ2n) is 3.61. The molecular weight excluding hydrogens is 278 g/mol. The number of rotatable bonds is 3. The van der Waals surface area contributed by atoms with Crippen LogP contribution in [0.1, 0.15) is 23.0 Å². The number of hydrogen-bond acceptors (Lipinski definition) is 2. The highest BCUT2D eigenvalue weighted by atomic mass is 35.5. The third-order valence-electron chi connectivity index (χ3n) is 2.49. The predicted octanol–water partition coefficient (Wildman–Crippen LogP) is 3.58. The van der Waals surface area contributed by atoms with E-state index in [4.69, 9.17) is 23.2 Å². The van der Waals surface area contributed by atoms with Crippen LogP contribution in [0, 0.1) is 5.82 Å². The van der Waals surface area contributed by atoms with Gasteiger partial charge in [0.25, 0.3) is 0 Å². The number of carbonyl (C=O) groups is 1. The summed E-state index contributed by atoms with van der Waals surface area (Å²) in [5, 5.41) is 4.19. The Morgan fingerprint density at radius 3 is 2.72 bits per heavy atom. The van der Waals surface area contributed by atoms with Gasteiger partial charge in [-0.05, 0) is 25.1 Å². The van der Waals surface area contributed by atoms with Crippen molar-refractivity contribution in [3.63, 3.8) is 0 Å². The summed E-state index contributed by atoms with van der Waals surface area (Å²) in [6.07, 6.45) is 1.39. The topological polar surface area (TPSA) is 34.9 Å². The number of hydrogen-bond donors (Lipinski definition) is 0. The Bertz CT molecular complexity index is 610. The zero-order chi connectivity index (χ0) is 13.3. The summed E-state index contributed by atoms with van der Waals surface area (Å²) in [6, 6.07) is 3.88. The van der Waals surface area contributed by atoms with Gasteiger partial charge in [0, 0.05) is 12.1 Å². The maximum atomic E-state index is 13.3. The Balaban J connectivity index is 2.47. The molecule has 18 heavy (non-hydrogen) atoms. The minimum atomic E-state index is -0.638. The normalized spacial score (nSPS) is 10.7. The van der Waals surface area contributed by atoms with Crippen molar-refractivity contribution in [1.82, 2.24) is 9.78 Å². The van der Waals surface area contributed by atoms with E-state index in [2.05, 4.69) is 5.10 Å². The highest BCUT2D eigenvalue weighted by Gasteiger charge is 2.19. The van der Waals surface area contributed by atoms with Crippen LogP contribution >= 0.6 is 23.2 Å². The van der Waals surface area contributed by atoms with Gasteiger partial charge in [-0.25, -0.2) is 4.39 Å². The van der Waals surface area contributed by atoms with Crippen LogP contribution in [-0.4, -0.2) is 15.6 Å². The average molecular weight is 287 g/mol. The first-order valence-corrected chi connectivity index (χ1v) is 6.01. The van der Waals surface area contributed by atoms with Crippen molar-refractivity contribution in [2.75, 3.05) is 0 Å². The molecule has 6 heteroatoms. The first-order valence-electron chi connectivity index (χ1n) is 5.25. The fourth-order valence-corrected chi connectivity index (χ4v) is 1.95. The Labute approximate surface area is 113 Å². The van der Waals surface area contributed by atoms with E-state index in [1.54, 1.807) is 0 Å². The second kappa shape index (κ2) is 5.08. The lowest BCUT2D eigenvalue weighted by Crippen LogP contribution is -2.11. The van der Waals surface area contributed by atoms with Crippen molar-refractivity contribution >= 4 is 29.0 Å². The quantitative estimate of drug-likeness (QED) is 0.809. The molecule has 0 amide bonds.